The maximum absolute atomic E-state index is 12.2. The molecular weight excluding hydrogens is 276 g/mol. The van der Waals surface area contributed by atoms with Crippen molar-refractivity contribution in [3.63, 3.8) is 0 Å². The molecule has 5 heteroatoms. The van der Waals surface area contributed by atoms with Crippen molar-refractivity contribution in [1.82, 2.24) is 15.1 Å². The first-order valence-electron chi connectivity index (χ1n) is 7.66. The van der Waals surface area contributed by atoms with Crippen molar-refractivity contribution in [3.05, 3.63) is 47.8 Å². The molecule has 0 fully saturated rings. The summed E-state index contributed by atoms with van der Waals surface area (Å²) in [5.41, 5.74) is 3.01. The Balaban J connectivity index is 2.03. The van der Waals surface area contributed by atoms with E-state index in [9.17, 15) is 4.79 Å². The summed E-state index contributed by atoms with van der Waals surface area (Å²) in [5.74, 6) is 0.433. The number of amides is 2. The quantitative estimate of drug-likeness (QED) is 0.882. The molecule has 0 saturated carbocycles. The van der Waals surface area contributed by atoms with Gasteiger partial charge in [0.05, 0.1) is 11.7 Å². The maximum Gasteiger partial charge on any atom is 0.319 e. The molecule has 2 amide bonds. The molecule has 5 nitrogen and oxygen atoms in total. The van der Waals surface area contributed by atoms with E-state index in [1.54, 1.807) is 10.9 Å². The molecule has 2 N–H and O–H groups in total. The Kier molecular flexibility index (Phi) is 5.20. The first kappa shape index (κ1) is 16.1. The van der Waals surface area contributed by atoms with E-state index >= 15 is 0 Å². The Morgan fingerprint density at radius 1 is 1.32 bits per heavy atom. The van der Waals surface area contributed by atoms with Gasteiger partial charge in [-0.25, -0.2) is 4.79 Å². The van der Waals surface area contributed by atoms with Crippen molar-refractivity contribution < 1.29 is 4.79 Å². The maximum atomic E-state index is 12.2. The fourth-order valence-electron chi connectivity index (χ4n) is 2.41. The zero-order chi connectivity index (χ0) is 16.1. The molecule has 2 aromatic rings. The highest BCUT2D eigenvalue weighted by Gasteiger charge is 2.15. The molecular formula is C17H24N4O. The smallest absolute Gasteiger partial charge is 0.319 e. The van der Waals surface area contributed by atoms with Crippen molar-refractivity contribution in [2.75, 3.05) is 5.32 Å². The lowest BCUT2D eigenvalue weighted by Gasteiger charge is -2.18. The molecule has 1 unspecified atom stereocenters. The second kappa shape index (κ2) is 7.11. The van der Waals surface area contributed by atoms with Gasteiger partial charge in [0.1, 0.15) is 0 Å². The lowest BCUT2D eigenvalue weighted by atomic mass is 10.0. The minimum Gasteiger partial charge on any atom is -0.330 e. The van der Waals surface area contributed by atoms with Gasteiger partial charge >= 0.3 is 6.03 Å². The van der Waals surface area contributed by atoms with Crippen LogP contribution in [0.3, 0.4) is 0 Å². The molecule has 1 heterocycles. The predicted molar refractivity (Wildman–Crippen MR) is 88.9 cm³/mol. The molecule has 0 bridgehead atoms. The van der Waals surface area contributed by atoms with Gasteiger partial charge in [0, 0.05) is 18.9 Å². The highest BCUT2D eigenvalue weighted by Crippen LogP contribution is 2.19. The predicted octanol–water partition coefficient (Wildman–Crippen LogP) is 3.82. The monoisotopic (exact) mass is 300 g/mol. The molecule has 0 saturated heterocycles. The number of carbonyl (C=O) groups excluding carboxylic acids is 1. The van der Waals surface area contributed by atoms with E-state index in [2.05, 4.69) is 35.6 Å². The highest BCUT2D eigenvalue weighted by molar-refractivity contribution is 5.89. The Labute approximate surface area is 131 Å². The van der Waals surface area contributed by atoms with Crippen LogP contribution in [-0.4, -0.2) is 15.8 Å². The number of nitrogens with zero attached hydrogens (tertiary/aromatic N) is 2. The molecule has 2 rings (SSSR count). The average molecular weight is 300 g/mol. The van der Waals surface area contributed by atoms with E-state index in [4.69, 9.17) is 0 Å². The van der Waals surface area contributed by atoms with Crippen molar-refractivity contribution in [2.45, 2.75) is 39.2 Å². The number of nitrogens with one attached hydrogen (secondary N) is 2. The van der Waals surface area contributed by atoms with Gasteiger partial charge in [-0.05, 0) is 36.1 Å². The number of hydrogen-bond acceptors (Lipinski definition) is 2. The lowest BCUT2D eigenvalue weighted by Crippen LogP contribution is -2.33. The molecule has 0 aliphatic heterocycles. The van der Waals surface area contributed by atoms with Crippen molar-refractivity contribution >= 4 is 11.7 Å². The number of carbonyl (C=O) groups is 1. The summed E-state index contributed by atoms with van der Waals surface area (Å²) < 4.78 is 1.79. The summed E-state index contributed by atoms with van der Waals surface area (Å²) in [7, 11) is 1.88. The topological polar surface area (TPSA) is 59.0 Å². The SMILES string of the molecule is CCC(NC(=O)Nc1cccc(C(C)C)c1)c1ccnn1C. The third kappa shape index (κ3) is 3.87. The van der Waals surface area contributed by atoms with E-state index in [0.717, 1.165) is 17.8 Å². The fourth-order valence-corrected chi connectivity index (χ4v) is 2.41. The van der Waals surface area contributed by atoms with Crippen LogP contribution < -0.4 is 10.6 Å². The Morgan fingerprint density at radius 2 is 2.09 bits per heavy atom. The Morgan fingerprint density at radius 3 is 2.68 bits per heavy atom. The molecule has 118 valence electrons. The van der Waals surface area contributed by atoms with Gasteiger partial charge in [0.15, 0.2) is 0 Å². The summed E-state index contributed by atoms with van der Waals surface area (Å²) in [6.45, 7) is 6.31. The number of aromatic nitrogens is 2. The van der Waals surface area contributed by atoms with Crippen LogP contribution in [0, 0.1) is 0 Å². The zero-order valence-corrected chi connectivity index (χ0v) is 13.6. The summed E-state index contributed by atoms with van der Waals surface area (Å²) in [6, 6.07) is 9.61. The Bertz CT molecular complexity index is 633. The summed E-state index contributed by atoms with van der Waals surface area (Å²) in [4.78, 5) is 12.2. The largest absolute Gasteiger partial charge is 0.330 e. The third-order valence-electron chi connectivity index (χ3n) is 3.74. The van der Waals surface area contributed by atoms with Crippen LogP contribution in [0.2, 0.25) is 0 Å². The van der Waals surface area contributed by atoms with E-state index < -0.39 is 0 Å². The normalized spacial score (nSPS) is 12.2. The van der Waals surface area contributed by atoms with Crippen molar-refractivity contribution in [1.29, 1.82) is 0 Å². The van der Waals surface area contributed by atoms with Crippen LogP contribution >= 0.6 is 0 Å². The fraction of sp³-hybridized carbons (Fsp3) is 0.412. The molecule has 0 spiro atoms. The van der Waals surface area contributed by atoms with Crippen LogP contribution in [0.5, 0.6) is 0 Å². The number of rotatable bonds is 5. The van der Waals surface area contributed by atoms with Gasteiger partial charge in [-0.2, -0.15) is 5.10 Å². The summed E-state index contributed by atoms with van der Waals surface area (Å²) in [5, 5.41) is 10.1. The summed E-state index contributed by atoms with van der Waals surface area (Å²) in [6.07, 6.45) is 2.54. The van der Waals surface area contributed by atoms with Gasteiger partial charge in [-0.1, -0.05) is 32.9 Å². The summed E-state index contributed by atoms with van der Waals surface area (Å²) >= 11 is 0. The van der Waals surface area contributed by atoms with Crippen LogP contribution in [0.1, 0.15) is 50.4 Å². The first-order valence-corrected chi connectivity index (χ1v) is 7.66. The van der Waals surface area contributed by atoms with E-state index in [1.165, 1.54) is 5.56 Å². The van der Waals surface area contributed by atoms with Crippen LogP contribution in [0.25, 0.3) is 0 Å². The van der Waals surface area contributed by atoms with E-state index in [1.807, 2.05) is 38.2 Å². The van der Waals surface area contributed by atoms with Crippen LogP contribution in [0.4, 0.5) is 10.5 Å². The zero-order valence-electron chi connectivity index (χ0n) is 13.6. The van der Waals surface area contributed by atoms with Gasteiger partial charge in [0.2, 0.25) is 0 Å². The van der Waals surface area contributed by atoms with E-state index in [-0.39, 0.29) is 12.1 Å². The van der Waals surface area contributed by atoms with Gasteiger partial charge in [-0.15, -0.1) is 0 Å². The number of benzene rings is 1. The number of aryl methyl sites for hydroxylation is 1. The molecule has 0 aliphatic rings. The third-order valence-corrected chi connectivity index (χ3v) is 3.74. The average Bonchev–Trinajstić information content (AvgIpc) is 2.91. The van der Waals surface area contributed by atoms with E-state index in [0.29, 0.717) is 5.92 Å². The molecule has 0 aliphatic carbocycles. The van der Waals surface area contributed by atoms with Crippen LogP contribution in [0.15, 0.2) is 36.5 Å². The molecule has 22 heavy (non-hydrogen) atoms. The molecule has 1 aromatic carbocycles. The standard InChI is InChI=1S/C17H24N4O/c1-5-15(16-9-10-18-21(16)4)20-17(22)19-14-8-6-7-13(11-14)12(2)3/h6-12,15H,5H2,1-4H3,(H2,19,20,22). The first-order chi connectivity index (χ1) is 10.5. The van der Waals surface area contributed by atoms with Crippen molar-refractivity contribution in [3.8, 4) is 0 Å². The second-order valence-corrected chi connectivity index (χ2v) is 5.72. The number of hydrogen-bond donors (Lipinski definition) is 2. The molecule has 1 atom stereocenters. The van der Waals surface area contributed by atoms with Gasteiger partial charge in [-0.3, -0.25) is 4.68 Å². The van der Waals surface area contributed by atoms with Crippen molar-refractivity contribution in [2.24, 2.45) is 7.05 Å². The second-order valence-electron chi connectivity index (χ2n) is 5.72. The van der Waals surface area contributed by atoms with Crippen LogP contribution in [-0.2, 0) is 7.05 Å². The minimum atomic E-state index is -0.200. The highest BCUT2D eigenvalue weighted by atomic mass is 16.2. The number of urea groups is 1. The van der Waals surface area contributed by atoms with Gasteiger partial charge < -0.3 is 10.6 Å². The molecule has 0 radical (unpaired) electrons. The lowest BCUT2D eigenvalue weighted by molar-refractivity contribution is 0.247. The number of anilines is 1. The Hall–Kier alpha value is -2.30. The molecule has 1 aromatic heterocycles. The minimum absolute atomic E-state index is 0.0548. The van der Waals surface area contributed by atoms with Gasteiger partial charge in [0.25, 0.3) is 0 Å².